The third-order valence-corrected chi connectivity index (χ3v) is 4.67. The van der Waals surface area contributed by atoms with Gasteiger partial charge >= 0.3 is 0 Å². The molecule has 5 heteroatoms. The topological polar surface area (TPSA) is 55.1 Å². The Labute approximate surface area is 138 Å². The molecule has 4 nitrogen and oxygen atoms in total. The molecule has 1 aliphatic rings. The molecule has 24 heavy (non-hydrogen) atoms. The Hall–Kier alpha value is -2.53. The summed E-state index contributed by atoms with van der Waals surface area (Å²) < 4.78 is 15.1. The van der Waals surface area contributed by atoms with Crippen molar-refractivity contribution in [3.05, 3.63) is 64.5 Å². The Bertz CT molecular complexity index is 981. The van der Waals surface area contributed by atoms with Crippen LogP contribution < -0.4 is 5.56 Å². The number of aliphatic hydroxyl groups excluding tert-OH is 1. The molecular formula is C19H17FN2O2. The van der Waals surface area contributed by atoms with Gasteiger partial charge in [0.15, 0.2) is 0 Å². The lowest BCUT2D eigenvalue weighted by Crippen LogP contribution is -2.33. The van der Waals surface area contributed by atoms with Gasteiger partial charge in [0.25, 0.3) is 5.56 Å². The van der Waals surface area contributed by atoms with E-state index in [0.717, 1.165) is 23.4 Å². The smallest absolute Gasteiger partial charge is 0.261 e. The van der Waals surface area contributed by atoms with Crippen LogP contribution in [0.3, 0.4) is 0 Å². The van der Waals surface area contributed by atoms with E-state index in [0.29, 0.717) is 23.9 Å². The van der Waals surface area contributed by atoms with E-state index in [1.807, 2.05) is 18.2 Å². The summed E-state index contributed by atoms with van der Waals surface area (Å²) in [5.74, 6) is 0.579. The SMILES string of the molecule is O=c1c2ccc(-c3cccc(F)c3)cc2nc2n1CC(CO)CC2. The number of benzene rings is 2. The second-order valence-corrected chi connectivity index (χ2v) is 6.27. The molecule has 2 heterocycles. The number of fused-ring (bicyclic) bond motifs is 2. The molecule has 1 N–H and O–H groups in total. The van der Waals surface area contributed by atoms with E-state index >= 15 is 0 Å². The number of halogens is 1. The van der Waals surface area contributed by atoms with Crippen molar-refractivity contribution in [2.24, 2.45) is 5.92 Å². The predicted octanol–water partition coefficient (Wildman–Crippen LogP) is 2.76. The molecule has 2 aromatic carbocycles. The van der Waals surface area contributed by atoms with E-state index in [1.54, 1.807) is 16.7 Å². The molecule has 1 atom stereocenters. The van der Waals surface area contributed by atoms with Gasteiger partial charge in [-0.1, -0.05) is 18.2 Å². The highest BCUT2D eigenvalue weighted by atomic mass is 19.1. The zero-order valence-electron chi connectivity index (χ0n) is 13.1. The van der Waals surface area contributed by atoms with Crippen molar-refractivity contribution >= 4 is 10.9 Å². The molecule has 0 amide bonds. The molecular weight excluding hydrogens is 307 g/mol. The van der Waals surface area contributed by atoms with Crippen LogP contribution in [0.1, 0.15) is 12.2 Å². The van der Waals surface area contributed by atoms with Crippen molar-refractivity contribution in [1.82, 2.24) is 9.55 Å². The number of nitrogens with zero attached hydrogens (tertiary/aromatic N) is 2. The third-order valence-electron chi connectivity index (χ3n) is 4.67. The number of aromatic nitrogens is 2. The molecule has 0 bridgehead atoms. The Morgan fingerprint density at radius 3 is 2.83 bits per heavy atom. The van der Waals surface area contributed by atoms with Gasteiger partial charge in [0, 0.05) is 25.5 Å². The highest BCUT2D eigenvalue weighted by molar-refractivity contribution is 5.83. The quantitative estimate of drug-likeness (QED) is 0.788. The van der Waals surface area contributed by atoms with Crippen LogP contribution in [0.4, 0.5) is 4.39 Å². The minimum absolute atomic E-state index is 0.0704. The summed E-state index contributed by atoms with van der Waals surface area (Å²) >= 11 is 0. The van der Waals surface area contributed by atoms with Gasteiger partial charge in [-0.25, -0.2) is 9.37 Å². The zero-order chi connectivity index (χ0) is 16.7. The summed E-state index contributed by atoms with van der Waals surface area (Å²) in [5.41, 5.74) is 2.16. The fourth-order valence-electron chi connectivity index (χ4n) is 3.33. The number of aryl methyl sites for hydroxylation is 1. The minimum atomic E-state index is -0.291. The molecule has 122 valence electrons. The average molecular weight is 324 g/mol. The number of hydrogen-bond acceptors (Lipinski definition) is 3. The average Bonchev–Trinajstić information content (AvgIpc) is 2.61. The molecule has 3 aromatic rings. The lowest BCUT2D eigenvalue weighted by molar-refractivity contribution is 0.188. The molecule has 0 aliphatic carbocycles. The highest BCUT2D eigenvalue weighted by Gasteiger charge is 2.21. The van der Waals surface area contributed by atoms with Crippen LogP contribution in [0, 0.1) is 11.7 Å². The van der Waals surface area contributed by atoms with Gasteiger partial charge in [-0.15, -0.1) is 0 Å². The minimum Gasteiger partial charge on any atom is -0.396 e. The second-order valence-electron chi connectivity index (χ2n) is 6.27. The summed E-state index contributed by atoms with van der Waals surface area (Å²) in [4.78, 5) is 17.4. The van der Waals surface area contributed by atoms with E-state index < -0.39 is 0 Å². The van der Waals surface area contributed by atoms with Crippen LogP contribution in [-0.2, 0) is 13.0 Å². The fraction of sp³-hybridized carbons (Fsp3) is 0.263. The van der Waals surface area contributed by atoms with Gasteiger partial charge < -0.3 is 5.11 Å². The Kier molecular flexibility index (Phi) is 3.65. The van der Waals surface area contributed by atoms with Crippen molar-refractivity contribution in [3.8, 4) is 11.1 Å². The fourth-order valence-corrected chi connectivity index (χ4v) is 3.33. The molecule has 1 unspecified atom stereocenters. The molecule has 1 aromatic heterocycles. The zero-order valence-corrected chi connectivity index (χ0v) is 13.1. The number of aliphatic hydroxyl groups is 1. The Balaban J connectivity index is 1.86. The number of rotatable bonds is 2. The highest BCUT2D eigenvalue weighted by Crippen LogP contribution is 2.24. The van der Waals surface area contributed by atoms with Crippen molar-refractivity contribution < 1.29 is 9.50 Å². The van der Waals surface area contributed by atoms with Gasteiger partial charge in [0.1, 0.15) is 11.6 Å². The van der Waals surface area contributed by atoms with E-state index in [-0.39, 0.29) is 23.9 Å². The third kappa shape index (κ3) is 2.51. The van der Waals surface area contributed by atoms with Crippen molar-refractivity contribution in [2.45, 2.75) is 19.4 Å². The number of hydrogen-bond donors (Lipinski definition) is 1. The Morgan fingerprint density at radius 1 is 1.21 bits per heavy atom. The molecule has 0 radical (unpaired) electrons. The standard InChI is InChI=1S/C19H17FN2O2/c20-15-3-1-2-13(8-15)14-5-6-16-17(9-14)21-18-7-4-12(11-23)10-22(18)19(16)24/h1-3,5-6,8-9,12,23H,4,7,10-11H2. The molecule has 0 spiro atoms. The van der Waals surface area contributed by atoms with Crippen LogP contribution in [0.25, 0.3) is 22.0 Å². The van der Waals surface area contributed by atoms with Gasteiger partial charge in [-0.2, -0.15) is 0 Å². The monoisotopic (exact) mass is 324 g/mol. The maximum atomic E-state index is 13.4. The van der Waals surface area contributed by atoms with Crippen molar-refractivity contribution in [1.29, 1.82) is 0 Å². The van der Waals surface area contributed by atoms with E-state index in [2.05, 4.69) is 4.98 Å². The van der Waals surface area contributed by atoms with Crippen LogP contribution in [0.15, 0.2) is 47.3 Å². The van der Waals surface area contributed by atoms with E-state index in [1.165, 1.54) is 12.1 Å². The summed E-state index contributed by atoms with van der Waals surface area (Å²) in [6.07, 6.45) is 1.51. The van der Waals surface area contributed by atoms with Gasteiger partial charge in [-0.05, 0) is 41.8 Å². The van der Waals surface area contributed by atoms with Gasteiger partial charge in [-0.3, -0.25) is 9.36 Å². The van der Waals surface area contributed by atoms with E-state index in [9.17, 15) is 14.3 Å². The summed E-state index contributed by atoms with van der Waals surface area (Å²) in [7, 11) is 0. The van der Waals surface area contributed by atoms with Crippen LogP contribution >= 0.6 is 0 Å². The molecule has 0 saturated heterocycles. The first-order valence-corrected chi connectivity index (χ1v) is 8.06. The first-order valence-electron chi connectivity index (χ1n) is 8.06. The van der Waals surface area contributed by atoms with Crippen LogP contribution in [0.2, 0.25) is 0 Å². The largest absolute Gasteiger partial charge is 0.396 e. The van der Waals surface area contributed by atoms with Crippen molar-refractivity contribution in [2.75, 3.05) is 6.61 Å². The second kappa shape index (κ2) is 5.83. The first kappa shape index (κ1) is 15.0. The van der Waals surface area contributed by atoms with Crippen molar-refractivity contribution in [3.63, 3.8) is 0 Å². The molecule has 1 aliphatic heterocycles. The summed E-state index contributed by atoms with van der Waals surface area (Å²) in [5, 5.41) is 9.89. The Morgan fingerprint density at radius 2 is 2.04 bits per heavy atom. The predicted molar refractivity (Wildman–Crippen MR) is 90.3 cm³/mol. The lowest BCUT2D eigenvalue weighted by atomic mass is 9.99. The van der Waals surface area contributed by atoms with Crippen LogP contribution in [-0.4, -0.2) is 21.3 Å². The maximum absolute atomic E-state index is 13.4. The molecule has 4 rings (SSSR count). The maximum Gasteiger partial charge on any atom is 0.261 e. The molecule has 0 fully saturated rings. The summed E-state index contributed by atoms with van der Waals surface area (Å²) in [6.45, 7) is 0.599. The molecule has 0 saturated carbocycles. The lowest BCUT2D eigenvalue weighted by Gasteiger charge is -2.24. The normalized spacial score (nSPS) is 17.0. The van der Waals surface area contributed by atoms with Gasteiger partial charge in [0.2, 0.25) is 0 Å². The first-order chi connectivity index (χ1) is 11.7. The van der Waals surface area contributed by atoms with Gasteiger partial charge in [0.05, 0.1) is 10.9 Å². The summed E-state index contributed by atoms with van der Waals surface area (Å²) in [6, 6.07) is 11.8. The van der Waals surface area contributed by atoms with E-state index in [4.69, 9.17) is 0 Å². The van der Waals surface area contributed by atoms with Crippen LogP contribution in [0.5, 0.6) is 0 Å².